The summed E-state index contributed by atoms with van der Waals surface area (Å²) in [6.07, 6.45) is 1.38. The van der Waals surface area contributed by atoms with Gasteiger partial charge in [-0.05, 0) is 17.5 Å². The summed E-state index contributed by atoms with van der Waals surface area (Å²) in [5.41, 5.74) is 7.88. The van der Waals surface area contributed by atoms with Crippen LogP contribution in [0.1, 0.15) is 17.5 Å². The number of carbonyl (C=O) groups is 1. The molecule has 0 unspecified atom stereocenters. The van der Waals surface area contributed by atoms with Gasteiger partial charge in [0, 0.05) is 26.1 Å². The zero-order valence-corrected chi connectivity index (χ0v) is 8.65. The summed E-state index contributed by atoms with van der Waals surface area (Å²) in [7, 11) is 0. The molecule has 0 fully saturated rings. The predicted molar refractivity (Wildman–Crippen MR) is 58.7 cm³/mol. The molecule has 1 aromatic rings. The highest BCUT2D eigenvalue weighted by Crippen LogP contribution is 2.19. The summed E-state index contributed by atoms with van der Waals surface area (Å²) >= 11 is 0. The third-order valence-corrected chi connectivity index (χ3v) is 2.71. The molecule has 0 aliphatic carbocycles. The molecule has 3 nitrogen and oxygen atoms in total. The van der Waals surface area contributed by atoms with Crippen LogP contribution in [0.2, 0.25) is 0 Å². The van der Waals surface area contributed by atoms with E-state index in [0.717, 1.165) is 19.5 Å². The molecule has 1 amide bonds. The van der Waals surface area contributed by atoms with Crippen LogP contribution in [0.25, 0.3) is 0 Å². The molecule has 1 aromatic carbocycles. The molecule has 0 atom stereocenters. The summed E-state index contributed by atoms with van der Waals surface area (Å²) in [5, 5.41) is 0. The maximum atomic E-state index is 10.7. The summed E-state index contributed by atoms with van der Waals surface area (Å²) in [5.74, 6) is -0.270. The molecule has 0 bridgehead atoms. The molecule has 0 saturated heterocycles. The van der Waals surface area contributed by atoms with Gasteiger partial charge in [0.2, 0.25) is 5.91 Å². The normalized spacial score (nSPS) is 16.0. The molecule has 3 heteroatoms. The van der Waals surface area contributed by atoms with Crippen molar-refractivity contribution >= 4 is 5.91 Å². The van der Waals surface area contributed by atoms with E-state index in [1.807, 2.05) is 6.54 Å². The largest absolute Gasteiger partial charge is 0.370 e. The Morgan fingerprint density at radius 2 is 2.13 bits per heavy atom. The average molecular weight is 203 g/mol. The highest BCUT2D eigenvalue weighted by atomic mass is 16.1. The van der Waals surface area contributed by atoms with E-state index in [4.69, 9.17) is 5.73 Å². The molecule has 2 rings (SSSR count). The molecule has 79 valence electrons. The van der Waals surface area contributed by atoms with Crippen LogP contribution in [0.3, 0.4) is 0 Å². The van der Waals surface area contributed by atoms with E-state index in [0.29, 0.717) is 6.42 Å². The van der Waals surface area contributed by atoms with Crippen molar-refractivity contribution in [2.24, 2.45) is 5.73 Å². The first-order valence-electron chi connectivity index (χ1n) is 5.18. The van der Waals surface area contributed by atoms with E-state index in [1.165, 1.54) is 11.1 Å². The zero-order chi connectivity index (χ0) is 10.7. The van der Waals surface area contributed by atoms with Gasteiger partial charge >= 0.3 is 0 Å². The van der Waals surface area contributed by atoms with Gasteiger partial charge in [-0.15, -0.1) is 0 Å². The minimum atomic E-state index is -0.270. The van der Waals surface area contributed by atoms with E-state index in [9.17, 15) is 4.79 Å². The third-order valence-electron chi connectivity index (χ3n) is 2.71. The molecule has 1 radical (unpaired) electrons. The monoisotopic (exact) mass is 203 g/mol. The van der Waals surface area contributed by atoms with Crippen molar-refractivity contribution in [3.63, 3.8) is 0 Å². The van der Waals surface area contributed by atoms with E-state index in [1.54, 1.807) is 0 Å². The van der Waals surface area contributed by atoms with Crippen molar-refractivity contribution in [1.29, 1.82) is 0 Å². The Morgan fingerprint density at radius 3 is 2.87 bits per heavy atom. The van der Waals surface area contributed by atoms with Crippen LogP contribution in [0.5, 0.6) is 0 Å². The lowest BCUT2D eigenvalue weighted by Gasteiger charge is -2.27. The minimum Gasteiger partial charge on any atom is -0.370 e. The fourth-order valence-corrected chi connectivity index (χ4v) is 1.89. The highest BCUT2D eigenvalue weighted by Gasteiger charge is 2.15. The van der Waals surface area contributed by atoms with Crippen molar-refractivity contribution in [1.82, 2.24) is 4.90 Å². The summed E-state index contributed by atoms with van der Waals surface area (Å²) < 4.78 is 0. The Morgan fingerprint density at radius 1 is 1.40 bits per heavy atom. The smallest absolute Gasteiger partial charge is 0.219 e. The molecule has 15 heavy (non-hydrogen) atoms. The van der Waals surface area contributed by atoms with Gasteiger partial charge in [0.05, 0.1) is 0 Å². The first-order valence-corrected chi connectivity index (χ1v) is 5.18. The van der Waals surface area contributed by atoms with E-state index in [2.05, 4.69) is 29.2 Å². The molecule has 0 spiro atoms. The lowest BCUT2D eigenvalue weighted by atomic mass is 10.00. The third kappa shape index (κ3) is 2.57. The second kappa shape index (κ2) is 4.45. The minimum absolute atomic E-state index is 0.270. The second-order valence-corrected chi connectivity index (χ2v) is 3.84. The number of hydrogen-bond donors (Lipinski definition) is 1. The molecular weight excluding hydrogens is 188 g/mol. The Balaban J connectivity index is 1.96. The van der Waals surface area contributed by atoms with Gasteiger partial charge in [-0.25, -0.2) is 0 Å². The SMILES string of the molecule is NC(=O)C[CH]N1CCc2ccccc2C1. The van der Waals surface area contributed by atoms with Gasteiger partial charge < -0.3 is 5.73 Å². The van der Waals surface area contributed by atoms with Gasteiger partial charge in [0.25, 0.3) is 0 Å². The number of rotatable bonds is 3. The standard InChI is InChI=1S/C12H15N2O/c13-12(15)6-8-14-7-5-10-3-1-2-4-11(10)9-14/h1-4,8H,5-7,9H2,(H2,13,15). The maximum absolute atomic E-state index is 10.7. The van der Waals surface area contributed by atoms with E-state index < -0.39 is 0 Å². The van der Waals surface area contributed by atoms with Crippen LogP contribution in [-0.4, -0.2) is 17.4 Å². The Kier molecular flexibility index (Phi) is 3.02. The van der Waals surface area contributed by atoms with Crippen LogP contribution in [0.15, 0.2) is 24.3 Å². The van der Waals surface area contributed by atoms with Gasteiger partial charge in [-0.3, -0.25) is 9.69 Å². The summed E-state index contributed by atoms with van der Waals surface area (Å²) in [6.45, 7) is 3.77. The fraction of sp³-hybridized carbons (Fsp3) is 0.333. The zero-order valence-electron chi connectivity index (χ0n) is 8.65. The molecule has 0 saturated carbocycles. The van der Waals surface area contributed by atoms with Crippen molar-refractivity contribution in [2.45, 2.75) is 19.4 Å². The average Bonchev–Trinajstić information content (AvgIpc) is 2.26. The van der Waals surface area contributed by atoms with Crippen molar-refractivity contribution < 1.29 is 4.79 Å². The Hall–Kier alpha value is -1.35. The van der Waals surface area contributed by atoms with Crippen molar-refractivity contribution in [2.75, 3.05) is 6.54 Å². The number of carbonyl (C=O) groups excluding carboxylic acids is 1. The van der Waals surface area contributed by atoms with E-state index in [-0.39, 0.29) is 5.91 Å². The predicted octanol–water partition coefficient (Wildman–Crippen LogP) is 1.08. The van der Waals surface area contributed by atoms with Crippen LogP contribution in [-0.2, 0) is 17.8 Å². The quantitative estimate of drug-likeness (QED) is 0.799. The number of nitrogens with zero attached hydrogens (tertiary/aromatic N) is 1. The van der Waals surface area contributed by atoms with E-state index >= 15 is 0 Å². The molecular formula is C12H15N2O. The van der Waals surface area contributed by atoms with Crippen LogP contribution >= 0.6 is 0 Å². The number of fused-ring (bicyclic) bond motifs is 1. The topological polar surface area (TPSA) is 46.3 Å². The number of nitrogens with two attached hydrogens (primary N) is 1. The Bertz CT molecular complexity index is 362. The number of benzene rings is 1. The molecule has 1 heterocycles. The second-order valence-electron chi connectivity index (χ2n) is 3.84. The van der Waals surface area contributed by atoms with Crippen LogP contribution < -0.4 is 5.73 Å². The molecule has 0 aromatic heterocycles. The fourth-order valence-electron chi connectivity index (χ4n) is 1.89. The maximum Gasteiger partial charge on any atom is 0.219 e. The number of primary amides is 1. The van der Waals surface area contributed by atoms with Crippen molar-refractivity contribution in [3.8, 4) is 0 Å². The van der Waals surface area contributed by atoms with Gasteiger partial charge in [-0.1, -0.05) is 24.3 Å². The Labute approximate surface area is 89.9 Å². The van der Waals surface area contributed by atoms with Crippen molar-refractivity contribution in [3.05, 3.63) is 41.9 Å². The lowest BCUT2D eigenvalue weighted by molar-refractivity contribution is -0.117. The molecule has 1 aliphatic rings. The van der Waals surface area contributed by atoms with Gasteiger partial charge in [-0.2, -0.15) is 0 Å². The van der Waals surface area contributed by atoms with Crippen LogP contribution in [0, 0.1) is 6.54 Å². The van der Waals surface area contributed by atoms with Gasteiger partial charge in [0.1, 0.15) is 0 Å². The molecule has 2 N–H and O–H groups in total. The number of amides is 1. The highest BCUT2D eigenvalue weighted by molar-refractivity contribution is 5.74. The summed E-state index contributed by atoms with van der Waals surface area (Å²) in [6, 6.07) is 8.43. The van der Waals surface area contributed by atoms with Crippen LogP contribution in [0.4, 0.5) is 0 Å². The van der Waals surface area contributed by atoms with Gasteiger partial charge in [0.15, 0.2) is 0 Å². The summed E-state index contributed by atoms with van der Waals surface area (Å²) in [4.78, 5) is 12.8. The molecule has 1 aliphatic heterocycles. The number of hydrogen-bond acceptors (Lipinski definition) is 2. The first kappa shape index (κ1) is 10.2. The lowest BCUT2D eigenvalue weighted by Crippen LogP contribution is -2.29. The first-order chi connectivity index (χ1) is 7.25.